The Morgan fingerprint density at radius 2 is 2.10 bits per heavy atom. The zero-order valence-electron chi connectivity index (χ0n) is 11.9. The fourth-order valence-corrected chi connectivity index (χ4v) is 3.38. The molecule has 114 valence electrons. The van der Waals surface area contributed by atoms with Crippen molar-refractivity contribution in [1.82, 2.24) is 10.2 Å². The van der Waals surface area contributed by atoms with Crippen molar-refractivity contribution in [2.45, 2.75) is 44.2 Å². The Kier molecular flexibility index (Phi) is 4.72. The second-order valence-corrected chi connectivity index (χ2v) is 6.78. The zero-order chi connectivity index (χ0) is 14.8. The number of likely N-dealkylation sites (tertiary alicyclic amines) is 1. The van der Waals surface area contributed by atoms with Gasteiger partial charge in [0.15, 0.2) is 0 Å². The number of amides is 1. The number of nitrogens with one attached hydrogen (secondary N) is 1. The lowest BCUT2D eigenvalue weighted by molar-refractivity contribution is -0.121. The average Bonchev–Trinajstić information content (AvgIpc) is 3.21. The third-order valence-corrected chi connectivity index (χ3v) is 5.16. The molecule has 1 amide bonds. The van der Waals surface area contributed by atoms with Crippen LogP contribution in [0.15, 0.2) is 18.2 Å². The molecule has 21 heavy (non-hydrogen) atoms. The molecule has 1 aliphatic carbocycles. The predicted octanol–water partition coefficient (Wildman–Crippen LogP) is 3.28. The first-order chi connectivity index (χ1) is 10.1. The van der Waals surface area contributed by atoms with Crippen LogP contribution in [-0.2, 0) is 11.2 Å². The van der Waals surface area contributed by atoms with E-state index in [1.807, 2.05) is 12.1 Å². The third-order valence-electron chi connectivity index (χ3n) is 4.30. The molecule has 0 spiro atoms. The van der Waals surface area contributed by atoms with Crippen molar-refractivity contribution >= 4 is 29.1 Å². The maximum absolute atomic E-state index is 12.1. The molecule has 1 saturated carbocycles. The highest BCUT2D eigenvalue weighted by atomic mass is 35.5. The van der Waals surface area contributed by atoms with E-state index in [-0.39, 0.29) is 5.91 Å². The van der Waals surface area contributed by atoms with E-state index in [4.69, 9.17) is 23.2 Å². The van der Waals surface area contributed by atoms with Crippen LogP contribution in [0.2, 0.25) is 10.0 Å². The van der Waals surface area contributed by atoms with E-state index < -0.39 is 0 Å². The minimum absolute atomic E-state index is 0.105. The summed E-state index contributed by atoms with van der Waals surface area (Å²) in [6.45, 7) is 2.13. The van der Waals surface area contributed by atoms with Crippen molar-refractivity contribution in [3.63, 3.8) is 0 Å². The standard InChI is InChI=1S/C16H20Cl2N2O/c17-14-3-1-2-11(16(14)18)4-7-15(21)19-12-8-9-20(10-12)13-5-6-13/h1-3,12-13H,4-10H2,(H,19,21)/t12-/m1/s1. The smallest absolute Gasteiger partial charge is 0.220 e. The molecule has 1 atom stereocenters. The molecule has 5 heteroatoms. The van der Waals surface area contributed by atoms with Crippen molar-refractivity contribution in [3.8, 4) is 0 Å². The highest BCUT2D eigenvalue weighted by Crippen LogP contribution is 2.30. The number of aryl methyl sites for hydroxylation is 1. The first-order valence-corrected chi connectivity index (χ1v) is 8.35. The molecule has 1 saturated heterocycles. The number of hydrogen-bond donors (Lipinski definition) is 1. The number of benzene rings is 1. The van der Waals surface area contributed by atoms with E-state index in [0.717, 1.165) is 31.1 Å². The fraction of sp³-hybridized carbons (Fsp3) is 0.562. The van der Waals surface area contributed by atoms with Gasteiger partial charge in [0.05, 0.1) is 10.0 Å². The van der Waals surface area contributed by atoms with Crippen LogP contribution in [0.25, 0.3) is 0 Å². The van der Waals surface area contributed by atoms with E-state index in [2.05, 4.69) is 10.2 Å². The van der Waals surface area contributed by atoms with Gasteiger partial charge in [-0.25, -0.2) is 0 Å². The van der Waals surface area contributed by atoms with Crippen LogP contribution in [0.5, 0.6) is 0 Å². The van der Waals surface area contributed by atoms with Gasteiger partial charge in [-0.3, -0.25) is 9.69 Å². The molecular weight excluding hydrogens is 307 g/mol. The Hall–Kier alpha value is -0.770. The molecule has 1 N–H and O–H groups in total. The quantitative estimate of drug-likeness (QED) is 0.900. The summed E-state index contributed by atoms with van der Waals surface area (Å²) < 4.78 is 0. The van der Waals surface area contributed by atoms with E-state index >= 15 is 0 Å². The molecular formula is C16H20Cl2N2O. The minimum atomic E-state index is 0.105. The summed E-state index contributed by atoms with van der Waals surface area (Å²) in [6.07, 6.45) is 4.81. The van der Waals surface area contributed by atoms with Gasteiger partial charge in [-0.15, -0.1) is 0 Å². The largest absolute Gasteiger partial charge is 0.352 e. The zero-order valence-corrected chi connectivity index (χ0v) is 13.5. The summed E-state index contributed by atoms with van der Waals surface area (Å²) in [6, 6.07) is 6.65. The molecule has 2 fully saturated rings. The molecule has 3 nitrogen and oxygen atoms in total. The first kappa shape index (κ1) is 15.1. The van der Waals surface area contributed by atoms with Gasteiger partial charge in [0, 0.05) is 31.6 Å². The Morgan fingerprint density at radius 1 is 1.29 bits per heavy atom. The number of nitrogens with zero attached hydrogens (tertiary/aromatic N) is 1. The van der Waals surface area contributed by atoms with Crippen LogP contribution in [0.1, 0.15) is 31.2 Å². The molecule has 0 bridgehead atoms. The van der Waals surface area contributed by atoms with Crippen LogP contribution in [-0.4, -0.2) is 36.0 Å². The fourth-order valence-electron chi connectivity index (χ4n) is 2.97. The second-order valence-electron chi connectivity index (χ2n) is 5.99. The minimum Gasteiger partial charge on any atom is -0.352 e. The summed E-state index contributed by atoms with van der Waals surface area (Å²) in [5.41, 5.74) is 0.936. The summed E-state index contributed by atoms with van der Waals surface area (Å²) in [5, 5.41) is 4.25. The van der Waals surface area contributed by atoms with Gasteiger partial charge in [0.25, 0.3) is 0 Å². The van der Waals surface area contributed by atoms with Crippen LogP contribution in [0.3, 0.4) is 0 Å². The Labute approximate surface area is 135 Å². The maximum Gasteiger partial charge on any atom is 0.220 e. The van der Waals surface area contributed by atoms with Crippen molar-refractivity contribution in [2.75, 3.05) is 13.1 Å². The summed E-state index contributed by atoms with van der Waals surface area (Å²) in [4.78, 5) is 14.6. The predicted molar refractivity (Wildman–Crippen MR) is 85.9 cm³/mol. The highest BCUT2D eigenvalue weighted by Gasteiger charge is 2.34. The van der Waals surface area contributed by atoms with Crippen molar-refractivity contribution in [3.05, 3.63) is 33.8 Å². The van der Waals surface area contributed by atoms with E-state index in [1.165, 1.54) is 12.8 Å². The van der Waals surface area contributed by atoms with Crippen molar-refractivity contribution in [1.29, 1.82) is 0 Å². The van der Waals surface area contributed by atoms with Gasteiger partial charge in [-0.1, -0.05) is 35.3 Å². The van der Waals surface area contributed by atoms with Gasteiger partial charge in [0.1, 0.15) is 0 Å². The Morgan fingerprint density at radius 3 is 2.86 bits per heavy atom. The highest BCUT2D eigenvalue weighted by molar-refractivity contribution is 6.42. The molecule has 2 aliphatic rings. The molecule has 1 aromatic carbocycles. The maximum atomic E-state index is 12.1. The van der Waals surface area contributed by atoms with Crippen LogP contribution in [0.4, 0.5) is 0 Å². The third kappa shape index (κ3) is 3.91. The van der Waals surface area contributed by atoms with E-state index in [0.29, 0.717) is 28.9 Å². The second kappa shape index (κ2) is 6.55. The average molecular weight is 327 g/mol. The number of hydrogen-bond acceptors (Lipinski definition) is 2. The number of carbonyl (C=O) groups excluding carboxylic acids is 1. The van der Waals surface area contributed by atoms with Crippen molar-refractivity contribution in [2.24, 2.45) is 0 Å². The van der Waals surface area contributed by atoms with Gasteiger partial charge < -0.3 is 5.32 Å². The molecule has 1 aromatic rings. The molecule has 3 rings (SSSR count). The molecule has 1 heterocycles. The summed E-state index contributed by atoms with van der Waals surface area (Å²) >= 11 is 12.1. The number of rotatable bonds is 5. The molecule has 0 aromatic heterocycles. The molecule has 0 radical (unpaired) electrons. The van der Waals surface area contributed by atoms with Crippen molar-refractivity contribution < 1.29 is 4.79 Å². The van der Waals surface area contributed by atoms with E-state index in [9.17, 15) is 4.79 Å². The lowest BCUT2D eigenvalue weighted by Crippen LogP contribution is -2.37. The SMILES string of the molecule is O=C(CCc1cccc(Cl)c1Cl)N[C@@H]1CCN(C2CC2)C1. The molecule has 1 aliphatic heterocycles. The summed E-state index contributed by atoms with van der Waals surface area (Å²) in [5.74, 6) is 0.105. The van der Waals surface area contributed by atoms with E-state index in [1.54, 1.807) is 6.07 Å². The van der Waals surface area contributed by atoms with Gasteiger partial charge in [0.2, 0.25) is 5.91 Å². The number of carbonyl (C=O) groups is 1. The topological polar surface area (TPSA) is 32.3 Å². The van der Waals surface area contributed by atoms with Crippen LogP contribution < -0.4 is 5.32 Å². The normalized spacial score (nSPS) is 22.5. The molecule has 0 unspecified atom stereocenters. The first-order valence-electron chi connectivity index (χ1n) is 7.60. The van der Waals surface area contributed by atoms with Crippen LogP contribution >= 0.6 is 23.2 Å². The van der Waals surface area contributed by atoms with Crippen LogP contribution in [0, 0.1) is 0 Å². The van der Waals surface area contributed by atoms with Gasteiger partial charge >= 0.3 is 0 Å². The van der Waals surface area contributed by atoms with Gasteiger partial charge in [-0.2, -0.15) is 0 Å². The Balaban J connectivity index is 1.45. The lowest BCUT2D eigenvalue weighted by Gasteiger charge is -2.16. The lowest BCUT2D eigenvalue weighted by atomic mass is 10.1. The Bertz CT molecular complexity index is 531. The summed E-state index contributed by atoms with van der Waals surface area (Å²) in [7, 11) is 0. The van der Waals surface area contributed by atoms with Gasteiger partial charge in [-0.05, 0) is 37.3 Å². The number of halogens is 2. The monoisotopic (exact) mass is 326 g/mol.